The Labute approximate surface area is 293 Å². The average molecular weight is 671 g/mol. The molecule has 3 amide bonds. The molecule has 0 spiro atoms. The Hall–Kier alpha value is -4.41. The summed E-state index contributed by atoms with van der Waals surface area (Å²) in [7, 11) is 3.81. The molecule has 0 atom stereocenters. The molecule has 264 valence electrons. The summed E-state index contributed by atoms with van der Waals surface area (Å²) in [6.45, 7) is 8.63. The molecule has 0 radical (unpaired) electrons. The van der Waals surface area contributed by atoms with Gasteiger partial charge in [-0.25, -0.2) is 4.79 Å². The first-order chi connectivity index (χ1) is 23.3. The highest BCUT2D eigenvalue weighted by molar-refractivity contribution is 5.78. The van der Waals surface area contributed by atoms with Gasteiger partial charge in [0.25, 0.3) is 0 Å². The molecule has 10 heteroatoms. The van der Waals surface area contributed by atoms with Crippen LogP contribution in [0, 0.1) is 33.5 Å². The van der Waals surface area contributed by atoms with Crippen molar-refractivity contribution in [3.05, 3.63) is 71.8 Å². The van der Waals surface area contributed by atoms with Crippen molar-refractivity contribution in [1.82, 2.24) is 20.0 Å². The van der Waals surface area contributed by atoms with Gasteiger partial charge in [0.1, 0.15) is 5.60 Å². The van der Waals surface area contributed by atoms with Gasteiger partial charge in [-0.2, -0.15) is 10.5 Å². The van der Waals surface area contributed by atoms with Gasteiger partial charge in [-0.15, -0.1) is 0 Å². The van der Waals surface area contributed by atoms with Crippen LogP contribution in [0.15, 0.2) is 60.7 Å². The lowest BCUT2D eigenvalue weighted by Crippen LogP contribution is -2.45. The van der Waals surface area contributed by atoms with E-state index in [-0.39, 0.29) is 30.2 Å². The number of hydrogen-bond acceptors (Lipinski definition) is 7. The van der Waals surface area contributed by atoms with Crippen molar-refractivity contribution in [3.63, 3.8) is 0 Å². The fraction of sp³-hybridized carbons (Fsp3) is 0.564. The molecular weight excluding hydrogens is 616 g/mol. The van der Waals surface area contributed by atoms with Crippen LogP contribution in [-0.4, -0.2) is 91.6 Å². The van der Waals surface area contributed by atoms with E-state index in [1.54, 1.807) is 25.7 Å². The van der Waals surface area contributed by atoms with Crippen molar-refractivity contribution in [2.75, 3.05) is 53.4 Å². The maximum absolute atomic E-state index is 12.4. The molecule has 0 bridgehead atoms. The molecule has 0 saturated carbocycles. The molecule has 2 aromatic rings. The van der Waals surface area contributed by atoms with Crippen LogP contribution in [0.2, 0.25) is 0 Å². The third kappa shape index (κ3) is 13.2. The van der Waals surface area contributed by atoms with Crippen molar-refractivity contribution in [2.45, 2.75) is 77.7 Å². The molecular formula is C39H54N6O4. The topological polar surface area (TPSA) is 130 Å². The second kappa shape index (κ2) is 18.4. The summed E-state index contributed by atoms with van der Waals surface area (Å²) in [6.07, 6.45) is 5.16. The maximum Gasteiger partial charge on any atom is 0.407 e. The van der Waals surface area contributed by atoms with Crippen molar-refractivity contribution in [3.8, 4) is 12.1 Å². The Bertz CT molecular complexity index is 1430. The third-order valence-electron chi connectivity index (χ3n) is 9.20. The highest BCUT2D eigenvalue weighted by Crippen LogP contribution is 2.36. The number of amides is 3. The summed E-state index contributed by atoms with van der Waals surface area (Å²) in [5.74, 6) is 0.164. The van der Waals surface area contributed by atoms with E-state index in [9.17, 15) is 24.9 Å². The van der Waals surface area contributed by atoms with Gasteiger partial charge in [-0.05, 0) is 90.9 Å². The van der Waals surface area contributed by atoms with Crippen LogP contribution in [-0.2, 0) is 27.2 Å². The molecule has 1 N–H and O–H groups in total. The van der Waals surface area contributed by atoms with Gasteiger partial charge in [0, 0.05) is 39.1 Å². The molecule has 2 heterocycles. The van der Waals surface area contributed by atoms with Crippen LogP contribution in [0.25, 0.3) is 0 Å². The van der Waals surface area contributed by atoms with E-state index in [0.717, 1.165) is 31.2 Å². The first-order valence-corrected chi connectivity index (χ1v) is 17.4. The summed E-state index contributed by atoms with van der Waals surface area (Å²) in [5, 5.41) is 21.9. The number of carbonyl (C=O) groups is 3. The van der Waals surface area contributed by atoms with Crippen LogP contribution in [0.3, 0.4) is 0 Å². The van der Waals surface area contributed by atoms with Crippen LogP contribution in [0.4, 0.5) is 4.79 Å². The number of ether oxygens (including phenoxy) is 1. The number of alkyl carbamates (subject to hydrolysis) is 1. The Morgan fingerprint density at radius 2 is 1.29 bits per heavy atom. The molecule has 10 nitrogen and oxygen atoms in total. The largest absolute Gasteiger partial charge is 0.444 e. The van der Waals surface area contributed by atoms with E-state index in [1.807, 2.05) is 72.4 Å². The zero-order valence-electron chi connectivity index (χ0n) is 30.0. The minimum Gasteiger partial charge on any atom is -0.444 e. The van der Waals surface area contributed by atoms with Crippen LogP contribution < -0.4 is 5.32 Å². The average Bonchev–Trinajstić information content (AvgIpc) is 3.08. The monoisotopic (exact) mass is 670 g/mol. The van der Waals surface area contributed by atoms with Crippen LogP contribution in [0.1, 0.15) is 70.4 Å². The second-order valence-electron chi connectivity index (χ2n) is 14.6. The molecule has 2 aliphatic heterocycles. The first kappa shape index (κ1) is 39.0. The van der Waals surface area contributed by atoms with E-state index in [2.05, 4.69) is 29.6 Å². The van der Waals surface area contributed by atoms with E-state index < -0.39 is 17.1 Å². The molecule has 2 saturated heterocycles. The zero-order valence-corrected chi connectivity index (χ0v) is 30.0. The number of rotatable bonds is 10. The van der Waals surface area contributed by atoms with E-state index in [0.29, 0.717) is 52.0 Å². The quantitative estimate of drug-likeness (QED) is 0.349. The van der Waals surface area contributed by atoms with Gasteiger partial charge in [0.05, 0.1) is 29.5 Å². The highest BCUT2D eigenvalue weighted by Gasteiger charge is 2.37. The summed E-state index contributed by atoms with van der Waals surface area (Å²) < 4.78 is 5.15. The molecule has 0 unspecified atom stereocenters. The predicted octanol–water partition coefficient (Wildman–Crippen LogP) is 5.59. The third-order valence-corrected chi connectivity index (χ3v) is 9.20. The fourth-order valence-corrected chi connectivity index (χ4v) is 6.24. The van der Waals surface area contributed by atoms with E-state index in [4.69, 9.17) is 4.74 Å². The molecule has 2 fully saturated rings. The van der Waals surface area contributed by atoms with Crippen molar-refractivity contribution >= 4 is 17.9 Å². The smallest absolute Gasteiger partial charge is 0.407 e. The van der Waals surface area contributed by atoms with E-state index in [1.165, 1.54) is 5.56 Å². The number of likely N-dealkylation sites (N-methyl/N-ethyl adjacent to an activating group) is 1. The number of carbonyl (C=O) groups excluding carboxylic acids is 3. The minimum absolute atomic E-state index is 0.00249. The van der Waals surface area contributed by atoms with Crippen LogP contribution in [0.5, 0.6) is 0 Å². The van der Waals surface area contributed by atoms with Crippen molar-refractivity contribution in [1.29, 1.82) is 10.5 Å². The van der Waals surface area contributed by atoms with Crippen LogP contribution >= 0.6 is 0 Å². The van der Waals surface area contributed by atoms with Gasteiger partial charge in [-0.1, -0.05) is 60.7 Å². The Morgan fingerprint density at radius 1 is 0.796 bits per heavy atom. The normalized spacial score (nSPS) is 16.7. The lowest BCUT2D eigenvalue weighted by Gasteiger charge is -2.37. The Kier molecular flexibility index (Phi) is 14.6. The van der Waals surface area contributed by atoms with Gasteiger partial charge in [0.15, 0.2) is 0 Å². The lowest BCUT2D eigenvalue weighted by molar-refractivity contribution is -0.134. The first-order valence-electron chi connectivity index (χ1n) is 17.4. The van der Waals surface area contributed by atoms with Crippen molar-refractivity contribution < 1.29 is 19.1 Å². The summed E-state index contributed by atoms with van der Waals surface area (Å²) in [5.41, 5.74) is 1.20. The minimum atomic E-state index is -0.555. The number of nitriles is 2. The number of likely N-dealkylation sites (tertiary alicyclic amines) is 2. The van der Waals surface area contributed by atoms with E-state index >= 15 is 0 Å². The standard InChI is InChI=1S/C21H29N3O3.C18H25N3O/c1-20(2,3)27-19(26)23-12-9-18(25)24-13-10-21(16-22,11-14-24)15-17-7-5-4-6-8-17;1-20(2)14-17(22)21-12-10-18(15-19,11-13-21)9-8-16-6-4-3-5-7-16/h4-8H,9-15H2,1-3H3,(H,23,26);3-7H,8-14H2,1-2H3. The molecule has 49 heavy (non-hydrogen) atoms. The van der Waals surface area contributed by atoms with Gasteiger partial charge < -0.3 is 24.8 Å². The SMILES string of the molecule is CC(C)(C)OC(=O)NCCC(=O)N1CCC(C#N)(Cc2ccccc2)CC1.CN(C)CC(=O)N1CCC(C#N)(CCc2ccccc2)CC1. The van der Waals surface area contributed by atoms with Gasteiger partial charge in [-0.3, -0.25) is 9.59 Å². The number of hydrogen-bond donors (Lipinski definition) is 1. The zero-order chi connectivity index (χ0) is 35.9. The summed E-state index contributed by atoms with van der Waals surface area (Å²) in [4.78, 5) is 41.7. The lowest BCUT2D eigenvalue weighted by atomic mass is 9.75. The van der Waals surface area contributed by atoms with Crippen molar-refractivity contribution in [2.24, 2.45) is 10.8 Å². The van der Waals surface area contributed by atoms with Gasteiger partial charge in [0.2, 0.25) is 11.8 Å². The molecule has 0 aliphatic carbocycles. The molecule has 2 aromatic carbocycles. The fourth-order valence-electron chi connectivity index (χ4n) is 6.24. The maximum atomic E-state index is 12.4. The summed E-state index contributed by atoms with van der Waals surface area (Å²) >= 11 is 0. The van der Waals surface area contributed by atoms with Gasteiger partial charge >= 0.3 is 6.09 Å². The number of benzene rings is 2. The molecule has 2 aliphatic rings. The summed E-state index contributed by atoms with van der Waals surface area (Å²) in [6, 6.07) is 25.4. The Balaban J connectivity index is 0.000000271. The Morgan fingerprint density at radius 3 is 1.78 bits per heavy atom. The number of piperidine rings is 2. The highest BCUT2D eigenvalue weighted by atomic mass is 16.6. The number of nitrogens with zero attached hydrogens (tertiary/aromatic N) is 5. The number of nitrogens with one attached hydrogen (secondary N) is 1. The number of aryl methyl sites for hydroxylation is 1. The molecule has 0 aromatic heterocycles. The molecule has 4 rings (SSSR count). The second-order valence-corrected chi connectivity index (χ2v) is 14.6. The predicted molar refractivity (Wildman–Crippen MR) is 190 cm³/mol.